The van der Waals surface area contributed by atoms with E-state index < -0.39 is 10.0 Å². The Balaban J connectivity index is 1.73. The van der Waals surface area contributed by atoms with E-state index >= 15 is 0 Å². The lowest BCUT2D eigenvalue weighted by Crippen LogP contribution is -2.37. The molecule has 1 amide bonds. The Kier molecular flexibility index (Phi) is 6.42. The van der Waals surface area contributed by atoms with E-state index in [1.807, 2.05) is 0 Å². The molecule has 0 aromatic heterocycles. The van der Waals surface area contributed by atoms with Crippen LogP contribution in [0.1, 0.15) is 30.1 Å². The van der Waals surface area contributed by atoms with Crippen LogP contribution >= 0.6 is 15.9 Å². The fourth-order valence-electron chi connectivity index (χ4n) is 3.09. The fourth-order valence-corrected chi connectivity index (χ4v) is 4.98. The molecule has 0 bridgehead atoms. The highest BCUT2D eigenvalue weighted by Crippen LogP contribution is 2.26. The van der Waals surface area contributed by atoms with Gasteiger partial charge in [0.15, 0.2) is 0 Å². The van der Waals surface area contributed by atoms with Crippen molar-refractivity contribution in [2.24, 2.45) is 5.92 Å². The first-order chi connectivity index (χ1) is 13.3. The van der Waals surface area contributed by atoms with Crippen molar-refractivity contribution >= 4 is 37.5 Å². The van der Waals surface area contributed by atoms with Gasteiger partial charge in [0.05, 0.1) is 17.6 Å². The van der Waals surface area contributed by atoms with E-state index in [1.165, 1.54) is 23.5 Å². The lowest BCUT2D eigenvalue weighted by molar-refractivity contribution is 0.102. The number of anilines is 1. The van der Waals surface area contributed by atoms with Gasteiger partial charge in [0, 0.05) is 23.2 Å². The summed E-state index contributed by atoms with van der Waals surface area (Å²) in [4.78, 5) is 12.8. The molecule has 1 heterocycles. The topological polar surface area (TPSA) is 75.7 Å². The number of piperidine rings is 1. The largest absolute Gasteiger partial charge is 0.497 e. The van der Waals surface area contributed by atoms with Gasteiger partial charge >= 0.3 is 0 Å². The maximum atomic E-state index is 12.8. The van der Waals surface area contributed by atoms with Gasteiger partial charge < -0.3 is 10.1 Å². The molecule has 1 aliphatic rings. The maximum absolute atomic E-state index is 12.8. The van der Waals surface area contributed by atoms with Crippen LogP contribution in [0.4, 0.5) is 5.69 Å². The Hall–Kier alpha value is -1.90. The van der Waals surface area contributed by atoms with Gasteiger partial charge in [-0.2, -0.15) is 4.31 Å². The molecule has 8 heteroatoms. The van der Waals surface area contributed by atoms with Crippen LogP contribution in [-0.2, 0) is 10.0 Å². The van der Waals surface area contributed by atoms with Crippen molar-refractivity contribution in [1.29, 1.82) is 0 Å². The van der Waals surface area contributed by atoms with Crippen LogP contribution in [0.25, 0.3) is 0 Å². The molecule has 28 heavy (non-hydrogen) atoms. The highest BCUT2D eigenvalue weighted by atomic mass is 79.9. The number of methoxy groups -OCH3 is 1. The van der Waals surface area contributed by atoms with Gasteiger partial charge in [-0.15, -0.1) is 0 Å². The van der Waals surface area contributed by atoms with Crippen molar-refractivity contribution in [3.8, 4) is 5.75 Å². The number of ether oxygens (including phenoxy) is 1. The lowest BCUT2D eigenvalue weighted by Gasteiger charge is -2.29. The molecule has 1 aliphatic heterocycles. The highest BCUT2D eigenvalue weighted by molar-refractivity contribution is 9.10. The summed E-state index contributed by atoms with van der Waals surface area (Å²) < 4.78 is 32.9. The second kappa shape index (κ2) is 8.63. The number of benzene rings is 2. The SMILES string of the molecule is COc1ccc(Br)c(C(=O)Nc2ccc(S(=O)(=O)N3CCC(C)CC3)cc2)c1. The van der Waals surface area contributed by atoms with E-state index in [-0.39, 0.29) is 10.8 Å². The van der Waals surface area contributed by atoms with Crippen LogP contribution in [0.15, 0.2) is 51.8 Å². The molecule has 3 rings (SSSR count). The van der Waals surface area contributed by atoms with Gasteiger partial charge in [-0.3, -0.25) is 4.79 Å². The summed E-state index contributed by atoms with van der Waals surface area (Å²) in [5.74, 6) is 0.817. The number of sulfonamides is 1. The number of hydrogen-bond acceptors (Lipinski definition) is 4. The number of hydrogen-bond donors (Lipinski definition) is 1. The van der Waals surface area contributed by atoms with Crippen molar-refractivity contribution in [3.63, 3.8) is 0 Å². The quantitative estimate of drug-likeness (QED) is 0.718. The summed E-state index contributed by atoms with van der Waals surface area (Å²) >= 11 is 3.36. The number of nitrogens with one attached hydrogen (secondary N) is 1. The zero-order valence-electron chi connectivity index (χ0n) is 15.8. The third-order valence-corrected chi connectivity index (χ3v) is 7.52. The molecule has 0 aliphatic carbocycles. The van der Waals surface area contributed by atoms with E-state index in [9.17, 15) is 13.2 Å². The molecule has 2 aromatic rings. The Morgan fingerprint density at radius 2 is 1.79 bits per heavy atom. The highest BCUT2D eigenvalue weighted by Gasteiger charge is 2.28. The molecule has 1 fully saturated rings. The van der Waals surface area contributed by atoms with Crippen molar-refractivity contribution < 1.29 is 17.9 Å². The Morgan fingerprint density at radius 1 is 1.14 bits per heavy atom. The monoisotopic (exact) mass is 466 g/mol. The number of carbonyl (C=O) groups is 1. The predicted octanol–water partition coefficient (Wildman–Crippen LogP) is 4.13. The third kappa shape index (κ3) is 4.56. The molecule has 2 aromatic carbocycles. The number of amides is 1. The minimum atomic E-state index is -3.50. The van der Waals surface area contributed by atoms with Crippen molar-refractivity contribution in [1.82, 2.24) is 4.31 Å². The molecule has 0 atom stereocenters. The molecule has 6 nitrogen and oxygen atoms in total. The molecular weight excluding hydrogens is 444 g/mol. The predicted molar refractivity (Wildman–Crippen MR) is 112 cm³/mol. The van der Waals surface area contributed by atoms with Gasteiger partial charge in [-0.25, -0.2) is 8.42 Å². The van der Waals surface area contributed by atoms with Gasteiger partial charge in [0.2, 0.25) is 10.0 Å². The van der Waals surface area contributed by atoms with Crippen molar-refractivity contribution in [2.45, 2.75) is 24.7 Å². The van der Waals surface area contributed by atoms with Gasteiger partial charge in [0.25, 0.3) is 5.91 Å². The van der Waals surface area contributed by atoms with Crippen LogP contribution in [0.2, 0.25) is 0 Å². The van der Waals surface area contributed by atoms with Crippen molar-refractivity contribution in [2.75, 3.05) is 25.5 Å². The zero-order chi connectivity index (χ0) is 20.3. The molecule has 0 saturated carbocycles. The second-order valence-corrected chi connectivity index (χ2v) is 9.70. The van der Waals surface area contributed by atoms with Gasteiger partial charge in [-0.1, -0.05) is 6.92 Å². The van der Waals surface area contributed by atoms with Gasteiger partial charge in [0.1, 0.15) is 5.75 Å². The molecule has 0 radical (unpaired) electrons. The van der Waals surface area contributed by atoms with Crippen LogP contribution in [0, 0.1) is 5.92 Å². The summed E-state index contributed by atoms with van der Waals surface area (Å²) in [6.45, 7) is 3.24. The lowest BCUT2D eigenvalue weighted by atomic mass is 10.0. The maximum Gasteiger partial charge on any atom is 0.256 e. The number of carbonyl (C=O) groups excluding carboxylic acids is 1. The normalized spacial score (nSPS) is 16.0. The Bertz CT molecular complexity index is 953. The van der Waals surface area contributed by atoms with E-state index in [2.05, 4.69) is 28.2 Å². The molecule has 150 valence electrons. The molecule has 0 spiro atoms. The molecule has 1 N–H and O–H groups in total. The first-order valence-electron chi connectivity index (χ1n) is 9.06. The summed E-state index contributed by atoms with van der Waals surface area (Å²) in [7, 11) is -1.97. The summed E-state index contributed by atoms with van der Waals surface area (Å²) in [6.07, 6.45) is 1.76. The van der Waals surface area contributed by atoms with E-state index in [4.69, 9.17) is 4.74 Å². The molecule has 1 saturated heterocycles. The standard InChI is InChI=1S/C20H23BrN2O4S/c1-14-9-11-23(12-10-14)28(25,26)17-6-3-15(4-7-17)22-20(24)18-13-16(27-2)5-8-19(18)21/h3-8,13-14H,9-12H2,1-2H3,(H,22,24). The first kappa shape index (κ1) is 20.8. The van der Waals surface area contributed by atoms with E-state index in [0.717, 1.165) is 12.8 Å². The van der Waals surface area contributed by atoms with E-state index in [1.54, 1.807) is 30.3 Å². The fraction of sp³-hybridized carbons (Fsp3) is 0.350. The Labute approximate surface area is 174 Å². The minimum Gasteiger partial charge on any atom is -0.497 e. The summed E-state index contributed by atoms with van der Waals surface area (Å²) in [5, 5.41) is 2.78. The van der Waals surface area contributed by atoms with E-state index in [0.29, 0.717) is 40.5 Å². The van der Waals surface area contributed by atoms with Crippen LogP contribution in [-0.4, -0.2) is 38.8 Å². The number of rotatable bonds is 5. The summed E-state index contributed by atoms with van der Waals surface area (Å²) in [5.41, 5.74) is 0.949. The Morgan fingerprint density at radius 3 is 2.39 bits per heavy atom. The summed E-state index contributed by atoms with van der Waals surface area (Å²) in [6, 6.07) is 11.4. The van der Waals surface area contributed by atoms with Crippen LogP contribution in [0.5, 0.6) is 5.75 Å². The zero-order valence-corrected chi connectivity index (χ0v) is 18.2. The van der Waals surface area contributed by atoms with Crippen LogP contribution < -0.4 is 10.1 Å². The van der Waals surface area contributed by atoms with Crippen LogP contribution in [0.3, 0.4) is 0 Å². The first-order valence-corrected chi connectivity index (χ1v) is 11.3. The number of halogens is 1. The minimum absolute atomic E-state index is 0.239. The molecular formula is C20H23BrN2O4S. The smallest absolute Gasteiger partial charge is 0.256 e. The average Bonchev–Trinajstić information content (AvgIpc) is 2.69. The number of nitrogens with zero attached hydrogens (tertiary/aromatic N) is 1. The average molecular weight is 467 g/mol. The van der Waals surface area contributed by atoms with Gasteiger partial charge in [-0.05, 0) is 77.2 Å². The second-order valence-electron chi connectivity index (χ2n) is 6.91. The van der Waals surface area contributed by atoms with Crippen molar-refractivity contribution in [3.05, 3.63) is 52.5 Å². The third-order valence-electron chi connectivity index (χ3n) is 4.91. The molecule has 0 unspecified atom stereocenters.